The van der Waals surface area contributed by atoms with Gasteiger partial charge in [0.1, 0.15) is 5.54 Å². The Hall–Kier alpha value is -1.04. The summed E-state index contributed by atoms with van der Waals surface area (Å²) in [5.74, 6) is 3.61. The molecule has 3 N–H and O–H groups in total. The van der Waals surface area contributed by atoms with Crippen molar-refractivity contribution >= 4 is 0 Å². The molecule has 0 bridgehead atoms. The van der Waals surface area contributed by atoms with Crippen LogP contribution in [0.4, 0.5) is 8.78 Å². The van der Waals surface area contributed by atoms with E-state index in [0.717, 1.165) is 12.1 Å². The Labute approximate surface area is 79.8 Å². The SMILES string of the molecule is NNC1(c2ccc(F)c(F)c2)COC1. The molecule has 3 nitrogen and oxygen atoms in total. The average molecular weight is 200 g/mol. The number of ether oxygens (including phenoxy) is 1. The molecule has 0 spiro atoms. The molecular weight excluding hydrogens is 190 g/mol. The first-order chi connectivity index (χ1) is 6.68. The molecule has 5 heteroatoms. The lowest BCUT2D eigenvalue weighted by molar-refractivity contribution is -0.0788. The summed E-state index contributed by atoms with van der Waals surface area (Å²) < 4.78 is 30.6. The minimum Gasteiger partial charge on any atom is -0.377 e. The Balaban J connectivity index is 2.36. The molecule has 1 aliphatic heterocycles. The molecule has 0 unspecified atom stereocenters. The van der Waals surface area contributed by atoms with Gasteiger partial charge in [0, 0.05) is 0 Å². The normalized spacial score (nSPS) is 19.1. The van der Waals surface area contributed by atoms with Crippen molar-refractivity contribution in [2.24, 2.45) is 5.84 Å². The van der Waals surface area contributed by atoms with Gasteiger partial charge in [-0.05, 0) is 17.7 Å². The van der Waals surface area contributed by atoms with E-state index in [-0.39, 0.29) is 0 Å². The monoisotopic (exact) mass is 200 g/mol. The van der Waals surface area contributed by atoms with Crippen LogP contribution in [0, 0.1) is 11.6 Å². The zero-order valence-electron chi connectivity index (χ0n) is 7.39. The molecular formula is C9H10F2N2O. The van der Waals surface area contributed by atoms with E-state index in [1.807, 2.05) is 0 Å². The smallest absolute Gasteiger partial charge is 0.159 e. The van der Waals surface area contributed by atoms with Crippen LogP contribution in [0.1, 0.15) is 5.56 Å². The third-order valence-electron chi connectivity index (χ3n) is 2.45. The van der Waals surface area contributed by atoms with Gasteiger partial charge in [-0.2, -0.15) is 0 Å². The van der Waals surface area contributed by atoms with Crippen molar-refractivity contribution in [2.45, 2.75) is 5.54 Å². The zero-order valence-corrected chi connectivity index (χ0v) is 7.39. The van der Waals surface area contributed by atoms with Crippen LogP contribution in [-0.4, -0.2) is 13.2 Å². The van der Waals surface area contributed by atoms with Crippen molar-refractivity contribution in [1.82, 2.24) is 5.43 Å². The molecule has 0 aromatic heterocycles. The van der Waals surface area contributed by atoms with Crippen molar-refractivity contribution in [3.05, 3.63) is 35.4 Å². The first-order valence-electron chi connectivity index (χ1n) is 4.19. The van der Waals surface area contributed by atoms with Crippen LogP contribution in [0.15, 0.2) is 18.2 Å². The summed E-state index contributed by atoms with van der Waals surface area (Å²) in [5, 5.41) is 0. The van der Waals surface area contributed by atoms with Gasteiger partial charge in [-0.1, -0.05) is 6.07 Å². The van der Waals surface area contributed by atoms with E-state index >= 15 is 0 Å². The molecule has 2 rings (SSSR count). The molecule has 1 aliphatic rings. The van der Waals surface area contributed by atoms with Gasteiger partial charge in [-0.25, -0.2) is 14.2 Å². The highest BCUT2D eigenvalue weighted by Crippen LogP contribution is 2.29. The van der Waals surface area contributed by atoms with Gasteiger partial charge in [-0.15, -0.1) is 0 Å². The fourth-order valence-electron chi connectivity index (χ4n) is 1.43. The molecule has 1 aromatic rings. The number of hydrogen-bond acceptors (Lipinski definition) is 3. The van der Waals surface area contributed by atoms with Crippen LogP contribution in [0.5, 0.6) is 0 Å². The van der Waals surface area contributed by atoms with Gasteiger partial charge in [-0.3, -0.25) is 5.84 Å². The second-order valence-corrected chi connectivity index (χ2v) is 3.35. The van der Waals surface area contributed by atoms with Crippen LogP contribution in [0.2, 0.25) is 0 Å². The Morgan fingerprint density at radius 1 is 1.29 bits per heavy atom. The fourth-order valence-corrected chi connectivity index (χ4v) is 1.43. The summed E-state index contributed by atoms with van der Waals surface area (Å²) in [5.41, 5.74) is 2.60. The third kappa shape index (κ3) is 1.30. The molecule has 0 amide bonds. The predicted molar refractivity (Wildman–Crippen MR) is 46.2 cm³/mol. The van der Waals surface area contributed by atoms with Crippen molar-refractivity contribution in [3.8, 4) is 0 Å². The van der Waals surface area contributed by atoms with Gasteiger partial charge in [0.25, 0.3) is 0 Å². The Bertz CT molecular complexity index is 347. The van der Waals surface area contributed by atoms with E-state index in [9.17, 15) is 8.78 Å². The van der Waals surface area contributed by atoms with Crippen molar-refractivity contribution < 1.29 is 13.5 Å². The summed E-state index contributed by atoms with van der Waals surface area (Å²) in [6.45, 7) is 0.739. The summed E-state index contributed by atoms with van der Waals surface area (Å²) in [4.78, 5) is 0. The molecule has 0 saturated carbocycles. The number of rotatable bonds is 2. The van der Waals surface area contributed by atoms with E-state index < -0.39 is 17.2 Å². The van der Waals surface area contributed by atoms with E-state index in [1.54, 1.807) is 0 Å². The largest absolute Gasteiger partial charge is 0.377 e. The van der Waals surface area contributed by atoms with Crippen LogP contribution in [0.3, 0.4) is 0 Å². The minimum atomic E-state index is -0.871. The van der Waals surface area contributed by atoms with Crippen LogP contribution < -0.4 is 11.3 Å². The van der Waals surface area contributed by atoms with Crippen LogP contribution >= 0.6 is 0 Å². The van der Waals surface area contributed by atoms with E-state index in [4.69, 9.17) is 10.6 Å². The summed E-state index contributed by atoms with van der Waals surface area (Å²) in [6, 6.07) is 3.72. The summed E-state index contributed by atoms with van der Waals surface area (Å²) in [7, 11) is 0. The molecule has 0 radical (unpaired) electrons. The average Bonchev–Trinajstić information content (AvgIpc) is 2.10. The molecule has 0 atom stereocenters. The summed E-state index contributed by atoms with van der Waals surface area (Å²) >= 11 is 0. The highest BCUT2D eigenvalue weighted by atomic mass is 19.2. The minimum absolute atomic E-state index is 0.370. The molecule has 1 saturated heterocycles. The highest BCUT2D eigenvalue weighted by Gasteiger charge is 2.39. The first-order valence-corrected chi connectivity index (χ1v) is 4.19. The molecule has 76 valence electrons. The number of nitrogens with two attached hydrogens (primary N) is 1. The number of halogens is 2. The lowest BCUT2D eigenvalue weighted by Gasteiger charge is -2.41. The quantitative estimate of drug-likeness (QED) is 0.544. The maximum absolute atomic E-state index is 12.9. The highest BCUT2D eigenvalue weighted by molar-refractivity contribution is 5.28. The van der Waals surface area contributed by atoms with E-state index in [1.165, 1.54) is 6.07 Å². The van der Waals surface area contributed by atoms with Crippen molar-refractivity contribution in [2.75, 3.05) is 13.2 Å². The maximum atomic E-state index is 12.9. The summed E-state index contributed by atoms with van der Waals surface area (Å²) in [6.07, 6.45) is 0. The van der Waals surface area contributed by atoms with Crippen molar-refractivity contribution in [3.63, 3.8) is 0 Å². The van der Waals surface area contributed by atoms with Crippen LogP contribution in [0.25, 0.3) is 0 Å². The maximum Gasteiger partial charge on any atom is 0.159 e. The Morgan fingerprint density at radius 2 is 2.00 bits per heavy atom. The lowest BCUT2D eigenvalue weighted by Crippen LogP contribution is -2.60. The number of hydrogen-bond donors (Lipinski definition) is 2. The lowest BCUT2D eigenvalue weighted by atomic mass is 9.89. The van der Waals surface area contributed by atoms with E-state index in [0.29, 0.717) is 18.8 Å². The standard InChI is InChI=1S/C9H10F2N2O/c10-7-2-1-6(3-8(7)11)9(13-12)4-14-5-9/h1-3,13H,4-5,12H2. The number of benzene rings is 1. The number of hydrazine groups is 1. The predicted octanol–water partition coefficient (Wildman–Crippen LogP) is 0.654. The van der Waals surface area contributed by atoms with Crippen molar-refractivity contribution in [1.29, 1.82) is 0 Å². The topological polar surface area (TPSA) is 47.3 Å². The van der Waals surface area contributed by atoms with Crippen LogP contribution in [-0.2, 0) is 10.3 Å². The second-order valence-electron chi connectivity index (χ2n) is 3.35. The number of nitrogens with one attached hydrogen (secondary N) is 1. The van der Waals surface area contributed by atoms with Gasteiger partial charge >= 0.3 is 0 Å². The van der Waals surface area contributed by atoms with Gasteiger partial charge in [0.05, 0.1) is 13.2 Å². The Morgan fingerprint density at radius 3 is 2.43 bits per heavy atom. The Kier molecular flexibility index (Phi) is 2.22. The molecule has 1 aromatic carbocycles. The fraction of sp³-hybridized carbons (Fsp3) is 0.333. The molecule has 0 aliphatic carbocycles. The zero-order chi connectivity index (χ0) is 10.2. The third-order valence-corrected chi connectivity index (χ3v) is 2.45. The van der Waals surface area contributed by atoms with Gasteiger partial charge in [0.2, 0.25) is 0 Å². The molecule has 1 heterocycles. The van der Waals surface area contributed by atoms with E-state index in [2.05, 4.69) is 5.43 Å². The van der Waals surface area contributed by atoms with Gasteiger partial charge < -0.3 is 4.74 Å². The molecule has 14 heavy (non-hydrogen) atoms. The first kappa shape index (κ1) is 9.51. The van der Waals surface area contributed by atoms with Gasteiger partial charge in [0.15, 0.2) is 11.6 Å². The second kappa shape index (κ2) is 3.27. The molecule has 1 fully saturated rings.